The van der Waals surface area contributed by atoms with E-state index in [1.165, 1.54) is 0 Å². The van der Waals surface area contributed by atoms with Crippen LogP contribution in [0.2, 0.25) is 0 Å². The van der Waals surface area contributed by atoms with Gasteiger partial charge in [-0.15, -0.1) is 0 Å². The van der Waals surface area contributed by atoms with E-state index in [1.807, 2.05) is 0 Å². The molecule has 0 aliphatic heterocycles. The van der Waals surface area contributed by atoms with Gasteiger partial charge in [-0.25, -0.2) is 0 Å². The summed E-state index contributed by atoms with van der Waals surface area (Å²) < 4.78 is 28.2. The minimum atomic E-state index is -4.85. The Bertz CT molecular complexity index is 121. The average Bonchev–Trinajstić information content (AvgIpc) is 1.25. The summed E-state index contributed by atoms with van der Waals surface area (Å²) in [5.41, 5.74) is 0. The highest BCUT2D eigenvalue weighted by atomic mass is 31.2. The van der Waals surface area contributed by atoms with Crippen LogP contribution in [0.25, 0.3) is 0 Å². The molecule has 3 nitrogen and oxygen atoms in total. The zero-order valence-corrected chi connectivity index (χ0v) is 3.14. The molecule has 2 N–H and O–H groups in total. The van der Waals surface area contributed by atoms with Crippen molar-refractivity contribution < 1.29 is 18.5 Å². The van der Waals surface area contributed by atoms with E-state index >= 15 is 0 Å². The molecule has 4 heteroatoms. The minimum absolute atomic E-state index is 3.15. The van der Waals surface area contributed by atoms with Crippen LogP contribution in [-0.4, -0.2) is 16.4 Å². The molecule has 0 fully saturated rings. The second kappa shape index (κ2) is 1.09. The lowest BCUT2D eigenvalue weighted by atomic mass is 12.0. The maximum Gasteiger partial charge on any atom is 0.322 e. The summed E-state index contributed by atoms with van der Waals surface area (Å²) in [6.45, 7) is -3.15. The maximum absolute atomic E-state index is 9.78. The first-order chi connectivity index (χ1) is 3.25. The summed E-state index contributed by atoms with van der Waals surface area (Å²) in [6, 6.07) is 0. The SMILES string of the molecule is [2H]C([2H])([2H])P(=O)(O)O. The molecule has 0 saturated carbocycles. The molecule has 0 unspecified atom stereocenters. The normalized spacial score (nSPS) is 23.2. The van der Waals surface area contributed by atoms with Gasteiger partial charge in [-0.2, -0.15) is 0 Å². The standard InChI is InChI=1S/CH5O3P/c1-5(2,3)4/h1H3,(H2,2,3,4)/i1D3. The molecular formula is CH5O3P. The Balaban J connectivity index is 4.26. The highest BCUT2D eigenvalue weighted by Gasteiger charge is 1.95. The van der Waals surface area contributed by atoms with Crippen LogP contribution < -0.4 is 0 Å². The van der Waals surface area contributed by atoms with E-state index < -0.39 is 14.2 Å². The van der Waals surface area contributed by atoms with Crippen LogP contribution in [0.3, 0.4) is 0 Å². The summed E-state index contributed by atoms with van der Waals surface area (Å²) in [4.78, 5) is 15.8. The van der Waals surface area contributed by atoms with E-state index in [1.54, 1.807) is 0 Å². The van der Waals surface area contributed by atoms with E-state index in [2.05, 4.69) is 0 Å². The van der Waals surface area contributed by atoms with Crippen molar-refractivity contribution in [1.82, 2.24) is 0 Å². The number of hydrogen-bond acceptors (Lipinski definition) is 1. The summed E-state index contributed by atoms with van der Waals surface area (Å²) in [5, 5.41) is 0. The molecule has 0 bridgehead atoms. The smallest absolute Gasteiger partial charge is 0.322 e. The fraction of sp³-hybridized carbons (Fsp3) is 1.00. The van der Waals surface area contributed by atoms with E-state index in [4.69, 9.17) is 13.9 Å². The molecule has 0 spiro atoms. The van der Waals surface area contributed by atoms with Crippen molar-refractivity contribution in [1.29, 1.82) is 0 Å². The third-order valence-electron chi connectivity index (χ3n) is 0. The maximum atomic E-state index is 9.78. The molecule has 0 amide bonds. The first-order valence-electron chi connectivity index (χ1n) is 2.31. The predicted molar refractivity (Wildman–Crippen MR) is 18.0 cm³/mol. The van der Waals surface area contributed by atoms with E-state index in [9.17, 15) is 4.57 Å². The van der Waals surface area contributed by atoms with Crippen LogP contribution in [0.4, 0.5) is 0 Å². The van der Waals surface area contributed by atoms with Gasteiger partial charge in [-0.3, -0.25) is 4.57 Å². The van der Waals surface area contributed by atoms with Crippen molar-refractivity contribution in [2.75, 3.05) is 6.59 Å². The molecule has 0 heterocycles. The van der Waals surface area contributed by atoms with Crippen molar-refractivity contribution in [3.63, 3.8) is 0 Å². The molecule has 0 aromatic rings. The van der Waals surface area contributed by atoms with Crippen LogP contribution in [0.1, 0.15) is 4.11 Å². The zero-order valence-electron chi connectivity index (χ0n) is 5.25. The fourth-order valence-corrected chi connectivity index (χ4v) is 0. The third kappa shape index (κ3) is 853. The summed E-state index contributed by atoms with van der Waals surface area (Å²) in [7, 11) is -4.85. The van der Waals surface area contributed by atoms with Crippen molar-refractivity contribution in [2.45, 2.75) is 0 Å². The van der Waals surface area contributed by atoms with Crippen molar-refractivity contribution in [2.24, 2.45) is 0 Å². The molecule has 0 rings (SSSR count). The quantitative estimate of drug-likeness (QED) is 0.413. The van der Waals surface area contributed by atoms with Gasteiger partial charge in [0.15, 0.2) is 0 Å². The van der Waals surface area contributed by atoms with Crippen LogP contribution in [0.15, 0.2) is 0 Å². The van der Waals surface area contributed by atoms with E-state index in [0.717, 1.165) is 0 Å². The molecule has 0 aromatic heterocycles. The van der Waals surface area contributed by atoms with E-state index in [0.29, 0.717) is 0 Å². The predicted octanol–water partition coefficient (Wildman–Crippen LogP) is -0.206. The van der Waals surface area contributed by atoms with Crippen LogP contribution in [0.5, 0.6) is 0 Å². The zero-order chi connectivity index (χ0) is 7.00. The second-order valence-corrected chi connectivity index (χ2v) is 1.63. The van der Waals surface area contributed by atoms with Crippen LogP contribution in [-0.2, 0) is 4.57 Å². The van der Waals surface area contributed by atoms with E-state index in [-0.39, 0.29) is 0 Å². The Morgan fingerprint density at radius 3 is 2.20 bits per heavy atom. The molecular weight excluding hydrogens is 91.0 g/mol. The van der Waals surface area contributed by atoms with Crippen LogP contribution >= 0.6 is 7.60 Å². The Morgan fingerprint density at radius 2 is 2.20 bits per heavy atom. The number of hydrogen-bond donors (Lipinski definition) is 2. The summed E-state index contributed by atoms with van der Waals surface area (Å²) >= 11 is 0. The molecule has 32 valence electrons. The van der Waals surface area contributed by atoms with Gasteiger partial charge in [0, 0.05) is 10.7 Å². The molecule has 0 atom stereocenters. The lowest BCUT2D eigenvalue weighted by Gasteiger charge is -1.84. The van der Waals surface area contributed by atoms with Gasteiger partial charge in [0.2, 0.25) is 0 Å². The first-order valence-corrected chi connectivity index (χ1v) is 2.42. The van der Waals surface area contributed by atoms with Gasteiger partial charge in [-0.1, -0.05) is 0 Å². The molecule has 0 aliphatic rings. The highest BCUT2D eigenvalue weighted by molar-refractivity contribution is 7.50. The fourth-order valence-electron chi connectivity index (χ4n) is 0. The summed E-state index contributed by atoms with van der Waals surface area (Å²) in [6.07, 6.45) is 0. The Labute approximate surface area is 34.0 Å². The van der Waals surface area contributed by atoms with Gasteiger partial charge in [0.25, 0.3) is 0 Å². The largest absolute Gasteiger partial charge is 0.325 e. The molecule has 0 aromatic carbocycles. The van der Waals surface area contributed by atoms with Crippen molar-refractivity contribution in [3.8, 4) is 0 Å². The van der Waals surface area contributed by atoms with Gasteiger partial charge in [-0.05, 0) is 0 Å². The Kier molecular flexibility index (Phi) is 0.378. The second-order valence-electron chi connectivity index (χ2n) is 0.544. The Hall–Kier alpha value is 0.150. The lowest BCUT2D eigenvalue weighted by molar-refractivity contribution is 0.381. The average molecular weight is 99.0 g/mol. The molecule has 0 aliphatic carbocycles. The molecule has 0 saturated heterocycles. The minimum Gasteiger partial charge on any atom is -0.325 e. The van der Waals surface area contributed by atoms with Gasteiger partial charge in [0.1, 0.15) is 0 Å². The third-order valence-corrected chi connectivity index (χ3v) is 0. The van der Waals surface area contributed by atoms with Crippen molar-refractivity contribution >= 4 is 7.60 Å². The summed E-state index contributed by atoms with van der Waals surface area (Å²) in [5.74, 6) is 0. The topological polar surface area (TPSA) is 57.5 Å². The van der Waals surface area contributed by atoms with Gasteiger partial charge < -0.3 is 9.79 Å². The first kappa shape index (κ1) is 1.73. The van der Waals surface area contributed by atoms with Crippen molar-refractivity contribution in [3.05, 3.63) is 0 Å². The molecule has 0 radical (unpaired) electrons. The highest BCUT2D eigenvalue weighted by Crippen LogP contribution is 2.26. The monoisotopic (exact) mass is 99.0 g/mol. The Morgan fingerprint density at radius 1 is 2.00 bits per heavy atom. The van der Waals surface area contributed by atoms with Crippen LogP contribution in [0, 0.1) is 0 Å². The molecule has 5 heavy (non-hydrogen) atoms. The lowest BCUT2D eigenvalue weighted by Crippen LogP contribution is -1.64. The number of rotatable bonds is 0. The van der Waals surface area contributed by atoms with Gasteiger partial charge >= 0.3 is 7.60 Å². The van der Waals surface area contributed by atoms with Gasteiger partial charge in [0.05, 0.1) is 0 Å².